The quantitative estimate of drug-likeness (QED) is 0.0885. The van der Waals surface area contributed by atoms with Gasteiger partial charge in [-0.1, -0.05) is 48.5 Å². The molecular formula is C33H74N2O10. The average molecular weight is 659 g/mol. The second-order valence-electron chi connectivity index (χ2n) is 11.4. The van der Waals surface area contributed by atoms with Gasteiger partial charge in [0.05, 0.1) is 55.9 Å². The third kappa shape index (κ3) is 45.2. The third-order valence-corrected chi connectivity index (χ3v) is 6.62. The van der Waals surface area contributed by atoms with Crippen molar-refractivity contribution in [3.05, 3.63) is 0 Å². The summed E-state index contributed by atoms with van der Waals surface area (Å²) >= 11 is 0. The summed E-state index contributed by atoms with van der Waals surface area (Å²) in [6.45, 7) is 19.4. The lowest BCUT2D eigenvalue weighted by atomic mass is 10.2. The van der Waals surface area contributed by atoms with Crippen LogP contribution < -0.4 is 0 Å². The molecular weight excluding hydrogens is 584 g/mol. The number of ether oxygens (including phenoxy) is 3. The predicted octanol–water partition coefficient (Wildman–Crippen LogP) is 2.44. The number of epoxide rings is 1. The second-order valence-corrected chi connectivity index (χ2v) is 11.4. The molecule has 0 spiro atoms. The van der Waals surface area contributed by atoms with Gasteiger partial charge in [-0.3, -0.25) is 4.79 Å². The smallest absolute Gasteiger partial charge is 0.302 e. The summed E-state index contributed by atoms with van der Waals surface area (Å²) < 4.78 is 14.2. The molecule has 1 rings (SSSR count). The first-order chi connectivity index (χ1) is 21.1. The molecule has 45 heavy (non-hydrogen) atoms. The van der Waals surface area contributed by atoms with Crippen LogP contribution in [0.2, 0.25) is 0 Å². The van der Waals surface area contributed by atoms with Gasteiger partial charge in [0.25, 0.3) is 0 Å². The zero-order valence-electron chi connectivity index (χ0n) is 30.7. The van der Waals surface area contributed by atoms with Crippen molar-refractivity contribution in [3.8, 4) is 0 Å². The molecule has 6 unspecified atom stereocenters. The molecule has 0 amide bonds. The Morgan fingerprint density at radius 3 is 1.22 bits per heavy atom. The number of methoxy groups -OCH3 is 1. The Balaban J connectivity index is -0.000000239. The van der Waals surface area contributed by atoms with Crippen LogP contribution in [-0.2, 0) is 19.0 Å². The summed E-state index contributed by atoms with van der Waals surface area (Å²) in [5.41, 5.74) is 0. The van der Waals surface area contributed by atoms with Crippen molar-refractivity contribution >= 4 is 5.97 Å². The highest BCUT2D eigenvalue weighted by Gasteiger charge is 2.24. The van der Waals surface area contributed by atoms with E-state index in [0.717, 1.165) is 58.2 Å². The number of carbonyl (C=O) groups excluding carboxylic acids is 1. The van der Waals surface area contributed by atoms with Crippen LogP contribution in [-0.4, -0.2) is 156 Å². The van der Waals surface area contributed by atoms with Crippen molar-refractivity contribution in [2.24, 2.45) is 0 Å². The fourth-order valence-electron chi connectivity index (χ4n) is 3.07. The maximum atomic E-state index is 10.1. The predicted molar refractivity (Wildman–Crippen MR) is 181 cm³/mol. The van der Waals surface area contributed by atoms with Gasteiger partial charge in [0, 0.05) is 40.2 Å². The van der Waals surface area contributed by atoms with Gasteiger partial charge >= 0.3 is 5.97 Å². The van der Waals surface area contributed by atoms with Crippen molar-refractivity contribution in [1.29, 1.82) is 0 Å². The van der Waals surface area contributed by atoms with E-state index in [9.17, 15) is 20.1 Å². The summed E-state index contributed by atoms with van der Waals surface area (Å²) in [7, 11) is 5.51. The maximum Gasteiger partial charge on any atom is 0.302 e. The summed E-state index contributed by atoms with van der Waals surface area (Å²) in [6, 6.07) is 0. The van der Waals surface area contributed by atoms with Crippen LogP contribution >= 0.6 is 0 Å². The van der Waals surface area contributed by atoms with E-state index in [4.69, 9.17) is 20.1 Å². The Hall–Kier alpha value is -0.930. The van der Waals surface area contributed by atoms with E-state index in [0.29, 0.717) is 32.2 Å². The number of aliphatic hydroxyl groups excluding tert-OH is 6. The summed E-state index contributed by atoms with van der Waals surface area (Å²) in [5.74, 6) is -0.345. The Bertz CT molecular complexity index is 586. The molecule has 1 fully saturated rings. The van der Waals surface area contributed by atoms with Gasteiger partial charge < -0.3 is 54.6 Å². The zero-order valence-corrected chi connectivity index (χ0v) is 30.7. The third-order valence-electron chi connectivity index (χ3n) is 6.62. The maximum absolute atomic E-state index is 10.1. The Labute approximate surface area is 275 Å². The minimum Gasteiger partial charge on any atom is -0.463 e. The topological polar surface area (TPSA) is 176 Å². The zero-order chi connectivity index (χ0) is 35.8. The van der Waals surface area contributed by atoms with E-state index in [-0.39, 0.29) is 43.1 Å². The number of carbonyl (C=O) groups is 1. The lowest BCUT2D eigenvalue weighted by Crippen LogP contribution is -2.34. The molecule has 0 radical (unpaired) electrons. The van der Waals surface area contributed by atoms with Crippen molar-refractivity contribution in [2.75, 3.05) is 67.2 Å². The Kier molecular flexibility index (Phi) is 40.6. The number of esters is 1. The molecule has 0 bridgehead atoms. The molecule has 276 valence electrons. The minimum absolute atomic E-state index is 0.0648. The summed E-state index contributed by atoms with van der Waals surface area (Å²) in [6.07, 6.45) is 4.41. The van der Waals surface area contributed by atoms with Gasteiger partial charge in [-0.05, 0) is 59.0 Å². The first kappa shape index (κ1) is 50.9. The number of likely N-dealkylation sites (N-methyl/N-ethyl adjacent to an activating group) is 2. The molecule has 1 saturated heterocycles. The van der Waals surface area contributed by atoms with Gasteiger partial charge in [0.2, 0.25) is 0 Å². The molecule has 12 nitrogen and oxygen atoms in total. The molecule has 1 aliphatic heterocycles. The van der Waals surface area contributed by atoms with E-state index in [2.05, 4.69) is 14.4 Å². The standard InChI is InChI=1S/C9H21NO2.C8H17NO2.C6H12O3.C5H12O2.C5H12O/c1-4-8(11)6-10(3)7-9(12)5-2;1-3-7(10)4-9(2)5-8-6-11-8;1-3-6(8)4-9-5(2)7;1-3-5(6)4-7-2;1-3-5(6)4-2/h8-9,11-12H,4-7H2,1-3H3;7-8,10H,3-6H2,1-2H3;6,8H,3-4H2,1-2H3;5-6H,3-4H2,1-2H3;5-6H,3-4H2,1-2H3. The lowest BCUT2D eigenvalue weighted by Gasteiger charge is -2.21. The Morgan fingerprint density at radius 1 is 0.644 bits per heavy atom. The average Bonchev–Trinajstić information content (AvgIpc) is 3.84. The van der Waals surface area contributed by atoms with Crippen LogP contribution in [0, 0.1) is 0 Å². The monoisotopic (exact) mass is 659 g/mol. The molecule has 0 aliphatic carbocycles. The molecule has 0 aromatic rings. The van der Waals surface area contributed by atoms with E-state index >= 15 is 0 Å². The highest BCUT2D eigenvalue weighted by molar-refractivity contribution is 5.65. The van der Waals surface area contributed by atoms with Gasteiger partial charge in [0.15, 0.2) is 0 Å². The number of rotatable bonds is 19. The fraction of sp³-hybridized carbons (Fsp3) is 0.970. The number of aliphatic hydroxyl groups is 6. The molecule has 1 heterocycles. The highest BCUT2D eigenvalue weighted by Crippen LogP contribution is 2.10. The van der Waals surface area contributed by atoms with Crippen molar-refractivity contribution in [2.45, 2.75) is 143 Å². The molecule has 6 atom stereocenters. The minimum atomic E-state index is -0.506. The first-order valence-corrected chi connectivity index (χ1v) is 16.8. The normalized spacial score (nSPS) is 16.8. The van der Waals surface area contributed by atoms with Crippen LogP contribution in [0.1, 0.15) is 100 Å². The molecule has 1 aliphatic rings. The SMILES string of the molecule is CCC(O)CC.CCC(O)CN(C)CC(O)CC.CCC(O)CN(C)CC1CO1.CCC(O)COC.CCC(O)COC(C)=O. The van der Waals surface area contributed by atoms with E-state index in [1.165, 1.54) is 6.92 Å². The van der Waals surface area contributed by atoms with Crippen molar-refractivity contribution < 1.29 is 49.6 Å². The van der Waals surface area contributed by atoms with Crippen LogP contribution in [0.3, 0.4) is 0 Å². The van der Waals surface area contributed by atoms with E-state index in [1.54, 1.807) is 7.11 Å². The number of nitrogens with zero attached hydrogens (tertiary/aromatic N) is 2. The van der Waals surface area contributed by atoms with Gasteiger partial charge in [-0.2, -0.15) is 0 Å². The molecule has 0 saturated carbocycles. The van der Waals surface area contributed by atoms with Gasteiger partial charge in [0.1, 0.15) is 6.61 Å². The highest BCUT2D eigenvalue weighted by atomic mass is 16.6. The van der Waals surface area contributed by atoms with Gasteiger partial charge in [-0.15, -0.1) is 0 Å². The Morgan fingerprint density at radius 2 is 0.978 bits per heavy atom. The van der Waals surface area contributed by atoms with Crippen LogP contribution in [0.25, 0.3) is 0 Å². The molecule has 0 aromatic carbocycles. The van der Waals surface area contributed by atoms with Crippen molar-refractivity contribution in [3.63, 3.8) is 0 Å². The molecule has 6 N–H and O–H groups in total. The molecule has 12 heteroatoms. The van der Waals surface area contributed by atoms with Gasteiger partial charge in [-0.25, -0.2) is 0 Å². The number of hydrogen-bond acceptors (Lipinski definition) is 12. The second kappa shape index (κ2) is 35.9. The van der Waals surface area contributed by atoms with Crippen LogP contribution in [0.15, 0.2) is 0 Å². The lowest BCUT2D eigenvalue weighted by molar-refractivity contribution is -0.143. The van der Waals surface area contributed by atoms with Crippen molar-refractivity contribution in [1.82, 2.24) is 9.80 Å². The first-order valence-electron chi connectivity index (χ1n) is 16.8. The van der Waals surface area contributed by atoms with Crippen LogP contribution in [0.5, 0.6) is 0 Å². The summed E-state index contributed by atoms with van der Waals surface area (Å²) in [5, 5.41) is 54.1. The fourth-order valence-corrected chi connectivity index (χ4v) is 3.07. The van der Waals surface area contributed by atoms with Crippen LogP contribution in [0.4, 0.5) is 0 Å². The van der Waals surface area contributed by atoms with E-state index in [1.807, 2.05) is 67.5 Å². The summed E-state index contributed by atoms with van der Waals surface area (Å²) in [4.78, 5) is 14.2. The largest absolute Gasteiger partial charge is 0.463 e. The van der Waals surface area contributed by atoms with E-state index < -0.39 is 6.10 Å². The number of hydrogen-bond donors (Lipinski definition) is 6. The molecule has 0 aromatic heterocycles.